The highest BCUT2D eigenvalue weighted by Crippen LogP contribution is 2.31. The van der Waals surface area contributed by atoms with Crippen molar-refractivity contribution in [2.45, 2.75) is 32.9 Å². The zero-order chi connectivity index (χ0) is 18.7. The highest BCUT2D eigenvalue weighted by Gasteiger charge is 2.20. The number of hydrogen-bond acceptors (Lipinski definition) is 3. The Hall–Kier alpha value is -3.02. The Morgan fingerprint density at radius 1 is 1.23 bits per heavy atom. The number of nitrogens with one attached hydrogen (secondary N) is 2. The van der Waals surface area contributed by atoms with Gasteiger partial charge in [-0.05, 0) is 26.3 Å². The second-order valence-corrected chi connectivity index (χ2v) is 6.47. The number of amides is 1. The number of H-pyrrole nitrogens is 1. The van der Waals surface area contributed by atoms with E-state index in [4.69, 9.17) is 4.74 Å². The Bertz CT molecular complexity index is 880. The molecule has 6 nitrogen and oxygen atoms in total. The van der Waals surface area contributed by atoms with Crippen molar-refractivity contribution >= 4 is 5.91 Å². The molecule has 0 saturated carbocycles. The predicted molar refractivity (Wildman–Crippen MR) is 101 cm³/mol. The summed E-state index contributed by atoms with van der Waals surface area (Å²) >= 11 is 0. The lowest BCUT2D eigenvalue weighted by molar-refractivity contribution is 0.0952. The molecule has 2 heterocycles. The number of aromatic nitrogens is 3. The number of hydrogen-bond donors (Lipinski definition) is 2. The van der Waals surface area contributed by atoms with E-state index in [1.54, 1.807) is 13.2 Å². The second kappa shape index (κ2) is 7.47. The van der Waals surface area contributed by atoms with E-state index in [0.717, 1.165) is 16.8 Å². The molecule has 0 spiro atoms. The van der Waals surface area contributed by atoms with Gasteiger partial charge in [0.25, 0.3) is 5.91 Å². The molecule has 0 saturated heterocycles. The first-order valence-corrected chi connectivity index (χ1v) is 8.70. The van der Waals surface area contributed by atoms with Crippen LogP contribution >= 0.6 is 0 Å². The van der Waals surface area contributed by atoms with Crippen LogP contribution in [0, 0.1) is 0 Å². The molecule has 2 N–H and O–H groups in total. The largest absolute Gasteiger partial charge is 0.484 e. The van der Waals surface area contributed by atoms with Crippen molar-refractivity contribution < 1.29 is 9.53 Å². The first-order chi connectivity index (χ1) is 12.5. The van der Waals surface area contributed by atoms with Crippen LogP contribution in [0.4, 0.5) is 0 Å². The van der Waals surface area contributed by atoms with Gasteiger partial charge in [-0.25, -0.2) is 0 Å². The van der Waals surface area contributed by atoms with Crippen LogP contribution in [0.2, 0.25) is 0 Å². The summed E-state index contributed by atoms with van der Waals surface area (Å²) in [6.45, 7) is 6.10. The van der Waals surface area contributed by atoms with Crippen LogP contribution in [0.15, 0.2) is 48.8 Å². The highest BCUT2D eigenvalue weighted by atomic mass is 16.5. The maximum absolute atomic E-state index is 12.3. The molecule has 1 unspecified atom stereocenters. The molecule has 2 aromatic heterocycles. The van der Waals surface area contributed by atoms with E-state index in [1.165, 1.54) is 0 Å². The number of rotatable bonds is 6. The fraction of sp³-hybridized carbons (Fsp3) is 0.300. The zero-order valence-electron chi connectivity index (χ0n) is 15.5. The molecule has 3 rings (SSSR count). The van der Waals surface area contributed by atoms with Gasteiger partial charge in [-0.3, -0.25) is 9.48 Å². The predicted octanol–water partition coefficient (Wildman–Crippen LogP) is 3.96. The SMILES string of the molecule is CNC(=O)c1[nH]c(-c2cnn(C(C)C)c2)cc1OC(C)c1ccccc1. The number of carbonyl (C=O) groups is 1. The van der Waals surface area contributed by atoms with Gasteiger partial charge in [-0.2, -0.15) is 5.10 Å². The Kier molecular flexibility index (Phi) is 5.11. The fourth-order valence-corrected chi connectivity index (χ4v) is 2.72. The topological polar surface area (TPSA) is 71.9 Å². The maximum Gasteiger partial charge on any atom is 0.271 e. The minimum absolute atomic E-state index is 0.179. The van der Waals surface area contributed by atoms with E-state index >= 15 is 0 Å². The summed E-state index contributed by atoms with van der Waals surface area (Å²) in [5.41, 5.74) is 3.16. The van der Waals surface area contributed by atoms with E-state index in [0.29, 0.717) is 11.4 Å². The van der Waals surface area contributed by atoms with Crippen molar-refractivity contribution in [3.63, 3.8) is 0 Å². The van der Waals surface area contributed by atoms with Gasteiger partial charge in [0.05, 0.1) is 11.9 Å². The van der Waals surface area contributed by atoms with E-state index in [2.05, 4.69) is 29.2 Å². The molecule has 3 aromatic rings. The van der Waals surface area contributed by atoms with Crippen molar-refractivity contribution in [3.8, 4) is 17.0 Å². The average molecular weight is 352 g/mol. The summed E-state index contributed by atoms with van der Waals surface area (Å²) in [6, 6.07) is 12.0. The lowest BCUT2D eigenvalue weighted by Crippen LogP contribution is -2.19. The van der Waals surface area contributed by atoms with Crippen LogP contribution in [-0.2, 0) is 0 Å². The lowest BCUT2D eigenvalue weighted by Gasteiger charge is -2.14. The van der Waals surface area contributed by atoms with Gasteiger partial charge < -0.3 is 15.0 Å². The smallest absolute Gasteiger partial charge is 0.271 e. The second-order valence-electron chi connectivity index (χ2n) is 6.47. The minimum atomic E-state index is -0.220. The summed E-state index contributed by atoms with van der Waals surface area (Å²) in [6.07, 6.45) is 3.56. The minimum Gasteiger partial charge on any atom is -0.484 e. The van der Waals surface area contributed by atoms with E-state index < -0.39 is 0 Å². The van der Waals surface area contributed by atoms with Crippen LogP contribution in [0.5, 0.6) is 5.75 Å². The molecule has 0 radical (unpaired) electrons. The molecule has 6 heteroatoms. The average Bonchev–Trinajstić information content (AvgIpc) is 3.29. The van der Waals surface area contributed by atoms with Gasteiger partial charge in [-0.15, -0.1) is 0 Å². The monoisotopic (exact) mass is 352 g/mol. The number of benzene rings is 1. The van der Waals surface area contributed by atoms with E-state index in [1.807, 2.05) is 54.2 Å². The van der Waals surface area contributed by atoms with Crippen molar-refractivity contribution in [3.05, 3.63) is 60.0 Å². The van der Waals surface area contributed by atoms with Gasteiger partial charge in [0.15, 0.2) is 5.75 Å². The number of ether oxygens (including phenoxy) is 1. The Morgan fingerprint density at radius 3 is 2.58 bits per heavy atom. The Labute approximate surface area is 153 Å². The normalized spacial score (nSPS) is 12.2. The summed E-state index contributed by atoms with van der Waals surface area (Å²) in [5.74, 6) is 0.302. The number of nitrogens with zero attached hydrogens (tertiary/aromatic N) is 2. The van der Waals surface area contributed by atoms with Crippen molar-refractivity contribution in [1.82, 2.24) is 20.1 Å². The van der Waals surface area contributed by atoms with Crippen LogP contribution in [0.3, 0.4) is 0 Å². The molecule has 1 aromatic carbocycles. The van der Waals surface area contributed by atoms with E-state index in [-0.39, 0.29) is 18.1 Å². The van der Waals surface area contributed by atoms with Gasteiger partial charge >= 0.3 is 0 Å². The standard InChI is InChI=1S/C20H24N4O2/c1-13(2)24-12-16(11-22-24)17-10-18(19(23-17)20(25)21-4)26-14(3)15-8-6-5-7-9-15/h5-14,23H,1-4H3,(H,21,25). The van der Waals surface area contributed by atoms with Gasteiger partial charge in [-0.1, -0.05) is 30.3 Å². The zero-order valence-corrected chi connectivity index (χ0v) is 15.5. The molecule has 136 valence electrons. The maximum atomic E-state index is 12.3. The number of carbonyl (C=O) groups excluding carboxylic acids is 1. The van der Waals surface area contributed by atoms with Crippen LogP contribution in [0.1, 0.15) is 49.0 Å². The molecule has 0 bridgehead atoms. The first-order valence-electron chi connectivity index (χ1n) is 8.70. The molecule has 1 amide bonds. The van der Waals surface area contributed by atoms with Crippen LogP contribution in [-0.4, -0.2) is 27.7 Å². The highest BCUT2D eigenvalue weighted by molar-refractivity contribution is 5.96. The summed E-state index contributed by atoms with van der Waals surface area (Å²) in [7, 11) is 1.60. The quantitative estimate of drug-likeness (QED) is 0.705. The van der Waals surface area contributed by atoms with E-state index in [9.17, 15) is 4.79 Å². The third-order valence-corrected chi connectivity index (χ3v) is 4.25. The summed E-state index contributed by atoms with van der Waals surface area (Å²) < 4.78 is 7.97. The first kappa shape index (κ1) is 17.8. The molecular formula is C20H24N4O2. The fourth-order valence-electron chi connectivity index (χ4n) is 2.72. The van der Waals surface area contributed by atoms with Crippen molar-refractivity contribution in [1.29, 1.82) is 0 Å². The molecule has 0 fully saturated rings. The van der Waals surface area contributed by atoms with Crippen molar-refractivity contribution in [2.24, 2.45) is 0 Å². The lowest BCUT2D eigenvalue weighted by atomic mass is 10.1. The molecule has 0 aliphatic carbocycles. The van der Waals surface area contributed by atoms with Crippen LogP contribution < -0.4 is 10.1 Å². The van der Waals surface area contributed by atoms with Gasteiger partial charge in [0, 0.05) is 30.9 Å². The molecule has 26 heavy (non-hydrogen) atoms. The Morgan fingerprint density at radius 2 is 1.96 bits per heavy atom. The van der Waals surface area contributed by atoms with Gasteiger partial charge in [0.1, 0.15) is 11.8 Å². The molecular weight excluding hydrogens is 328 g/mol. The van der Waals surface area contributed by atoms with Gasteiger partial charge in [0.2, 0.25) is 0 Å². The Balaban J connectivity index is 1.93. The molecule has 1 atom stereocenters. The summed E-state index contributed by atoms with van der Waals surface area (Å²) in [4.78, 5) is 15.4. The van der Waals surface area contributed by atoms with Crippen LogP contribution in [0.25, 0.3) is 11.3 Å². The summed E-state index contributed by atoms with van der Waals surface area (Å²) in [5, 5.41) is 7.01. The van der Waals surface area contributed by atoms with Crippen molar-refractivity contribution in [2.75, 3.05) is 7.05 Å². The third-order valence-electron chi connectivity index (χ3n) is 4.25. The molecule has 0 aliphatic rings. The molecule has 0 aliphatic heterocycles. The number of aromatic amines is 1. The third kappa shape index (κ3) is 3.64.